The van der Waals surface area contributed by atoms with E-state index in [0.29, 0.717) is 12.0 Å². The Morgan fingerprint density at radius 1 is 1.65 bits per heavy atom. The number of aromatic nitrogens is 1. The number of aliphatic hydroxyl groups excluding tert-OH is 1. The van der Waals surface area contributed by atoms with Crippen LogP contribution in [-0.2, 0) is 0 Å². The highest BCUT2D eigenvalue weighted by atomic mass is 16.6. The molecule has 0 radical (unpaired) electrons. The van der Waals surface area contributed by atoms with Crippen molar-refractivity contribution in [1.29, 1.82) is 0 Å². The molecule has 0 amide bonds. The van der Waals surface area contributed by atoms with E-state index in [-0.39, 0.29) is 18.1 Å². The van der Waals surface area contributed by atoms with Crippen molar-refractivity contribution < 1.29 is 10.0 Å². The van der Waals surface area contributed by atoms with Crippen LogP contribution in [0.25, 0.3) is 0 Å². The molecule has 1 unspecified atom stereocenters. The second-order valence-corrected chi connectivity index (χ2v) is 4.28. The molecule has 17 heavy (non-hydrogen) atoms. The largest absolute Gasteiger partial charge is 0.394 e. The molecule has 1 heterocycles. The normalized spacial score (nSPS) is 14.1. The Morgan fingerprint density at radius 2 is 2.29 bits per heavy atom. The van der Waals surface area contributed by atoms with Crippen LogP contribution in [0.4, 0.5) is 11.5 Å². The molecule has 0 fully saturated rings. The molecule has 1 aromatic heterocycles. The van der Waals surface area contributed by atoms with Gasteiger partial charge < -0.3 is 10.4 Å². The first-order valence-electron chi connectivity index (χ1n) is 5.42. The molecule has 0 aliphatic heterocycles. The van der Waals surface area contributed by atoms with Gasteiger partial charge in [0.2, 0.25) is 5.82 Å². The molecular weight excluding hydrogens is 222 g/mol. The standard InChI is InChI=1S/C11H17N3O3/c1-4-11(3,7-15)13-10-9(14(16)17)8(2)5-6-12-10/h5-6,15H,4,7H2,1-3H3,(H,12,13). The second-order valence-electron chi connectivity index (χ2n) is 4.28. The van der Waals surface area contributed by atoms with Gasteiger partial charge in [-0.3, -0.25) is 10.1 Å². The molecule has 1 atom stereocenters. The number of pyridine rings is 1. The maximum Gasteiger partial charge on any atom is 0.314 e. The van der Waals surface area contributed by atoms with Gasteiger partial charge in [-0.05, 0) is 26.3 Å². The van der Waals surface area contributed by atoms with Crippen LogP contribution in [0.1, 0.15) is 25.8 Å². The van der Waals surface area contributed by atoms with Crippen molar-refractivity contribution in [2.24, 2.45) is 0 Å². The van der Waals surface area contributed by atoms with E-state index in [1.165, 1.54) is 6.20 Å². The van der Waals surface area contributed by atoms with E-state index in [0.717, 1.165) is 0 Å². The van der Waals surface area contributed by atoms with Crippen LogP contribution in [0.2, 0.25) is 0 Å². The molecule has 0 aromatic carbocycles. The van der Waals surface area contributed by atoms with E-state index in [1.54, 1.807) is 19.9 Å². The number of hydrogen-bond donors (Lipinski definition) is 2. The fourth-order valence-electron chi connectivity index (χ4n) is 1.40. The second kappa shape index (κ2) is 5.09. The Balaban J connectivity index is 3.15. The van der Waals surface area contributed by atoms with Crippen molar-refractivity contribution >= 4 is 11.5 Å². The number of aliphatic hydroxyl groups is 1. The van der Waals surface area contributed by atoms with Crippen LogP contribution < -0.4 is 5.32 Å². The summed E-state index contributed by atoms with van der Waals surface area (Å²) in [5, 5.41) is 23.2. The smallest absolute Gasteiger partial charge is 0.314 e. The van der Waals surface area contributed by atoms with E-state index in [4.69, 9.17) is 0 Å². The van der Waals surface area contributed by atoms with Crippen molar-refractivity contribution in [2.75, 3.05) is 11.9 Å². The topological polar surface area (TPSA) is 88.3 Å². The van der Waals surface area contributed by atoms with Gasteiger partial charge in [0.05, 0.1) is 17.1 Å². The minimum Gasteiger partial charge on any atom is -0.394 e. The molecule has 1 rings (SSSR count). The lowest BCUT2D eigenvalue weighted by atomic mass is 10.00. The molecule has 0 saturated carbocycles. The van der Waals surface area contributed by atoms with Crippen LogP contribution in [-0.4, -0.2) is 27.2 Å². The SMILES string of the molecule is CCC(C)(CO)Nc1nccc(C)c1[N+](=O)[O-]. The monoisotopic (exact) mass is 239 g/mol. The van der Waals surface area contributed by atoms with E-state index in [1.807, 2.05) is 6.92 Å². The maximum atomic E-state index is 11.0. The van der Waals surface area contributed by atoms with Gasteiger partial charge in [0.1, 0.15) is 0 Å². The van der Waals surface area contributed by atoms with E-state index in [2.05, 4.69) is 10.3 Å². The number of nitrogens with zero attached hydrogens (tertiary/aromatic N) is 2. The third-order valence-electron chi connectivity index (χ3n) is 2.86. The molecule has 94 valence electrons. The van der Waals surface area contributed by atoms with Crippen molar-refractivity contribution in [3.8, 4) is 0 Å². The van der Waals surface area contributed by atoms with Crippen LogP contribution in [0, 0.1) is 17.0 Å². The average molecular weight is 239 g/mol. The quantitative estimate of drug-likeness (QED) is 0.605. The summed E-state index contributed by atoms with van der Waals surface area (Å²) in [6.07, 6.45) is 2.15. The summed E-state index contributed by atoms with van der Waals surface area (Å²) in [5.74, 6) is 0.202. The van der Waals surface area contributed by atoms with Crippen LogP contribution >= 0.6 is 0 Å². The van der Waals surface area contributed by atoms with Crippen molar-refractivity contribution in [2.45, 2.75) is 32.7 Å². The van der Waals surface area contributed by atoms with E-state index < -0.39 is 10.5 Å². The summed E-state index contributed by atoms with van der Waals surface area (Å²) in [7, 11) is 0. The summed E-state index contributed by atoms with van der Waals surface area (Å²) in [5.41, 5.74) is -0.101. The van der Waals surface area contributed by atoms with Gasteiger partial charge in [0, 0.05) is 11.8 Å². The molecule has 2 N–H and O–H groups in total. The van der Waals surface area contributed by atoms with Crippen LogP contribution in [0.15, 0.2) is 12.3 Å². The Bertz CT molecular complexity index is 416. The molecule has 6 nitrogen and oxygen atoms in total. The zero-order chi connectivity index (χ0) is 13.1. The highest BCUT2D eigenvalue weighted by molar-refractivity contribution is 5.60. The summed E-state index contributed by atoms with van der Waals surface area (Å²) >= 11 is 0. The van der Waals surface area contributed by atoms with Gasteiger partial charge in [0.15, 0.2) is 0 Å². The first kappa shape index (κ1) is 13.4. The van der Waals surface area contributed by atoms with Crippen molar-refractivity contribution in [3.05, 3.63) is 27.9 Å². The summed E-state index contributed by atoms with van der Waals surface area (Å²) in [4.78, 5) is 14.5. The number of anilines is 1. The van der Waals surface area contributed by atoms with E-state index >= 15 is 0 Å². The highest BCUT2D eigenvalue weighted by Crippen LogP contribution is 2.28. The van der Waals surface area contributed by atoms with Crippen molar-refractivity contribution in [1.82, 2.24) is 4.98 Å². The summed E-state index contributed by atoms with van der Waals surface area (Å²) in [6.45, 7) is 5.23. The molecule has 0 spiro atoms. The molecule has 0 bridgehead atoms. The number of aryl methyl sites for hydroxylation is 1. The average Bonchev–Trinajstić information content (AvgIpc) is 2.28. The van der Waals surface area contributed by atoms with Gasteiger partial charge in [-0.2, -0.15) is 0 Å². The minimum absolute atomic E-state index is 0.0411. The fourth-order valence-corrected chi connectivity index (χ4v) is 1.40. The van der Waals surface area contributed by atoms with Gasteiger partial charge >= 0.3 is 5.69 Å². The predicted octanol–water partition coefficient (Wildman–Crippen LogP) is 1.87. The van der Waals surface area contributed by atoms with Crippen LogP contribution in [0.5, 0.6) is 0 Å². The zero-order valence-electron chi connectivity index (χ0n) is 10.2. The lowest BCUT2D eigenvalue weighted by Gasteiger charge is -2.27. The lowest BCUT2D eigenvalue weighted by molar-refractivity contribution is -0.384. The summed E-state index contributed by atoms with van der Waals surface area (Å²) in [6, 6.07) is 1.59. The zero-order valence-corrected chi connectivity index (χ0v) is 10.2. The number of nitrogens with one attached hydrogen (secondary N) is 1. The Kier molecular flexibility index (Phi) is 4.01. The maximum absolute atomic E-state index is 11.0. The van der Waals surface area contributed by atoms with Crippen molar-refractivity contribution in [3.63, 3.8) is 0 Å². The van der Waals surface area contributed by atoms with Crippen LogP contribution in [0.3, 0.4) is 0 Å². The molecule has 0 saturated heterocycles. The Hall–Kier alpha value is -1.69. The fraction of sp³-hybridized carbons (Fsp3) is 0.545. The molecular formula is C11H17N3O3. The Labute approximate surface area is 99.8 Å². The number of nitro groups is 1. The number of rotatable bonds is 5. The molecule has 0 aliphatic rings. The van der Waals surface area contributed by atoms with E-state index in [9.17, 15) is 15.2 Å². The third kappa shape index (κ3) is 2.91. The molecule has 1 aromatic rings. The third-order valence-corrected chi connectivity index (χ3v) is 2.86. The lowest BCUT2D eigenvalue weighted by Crippen LogP contribution is -2.38. The van der Waals surface area contributed by atoms with Gasteiger partial charge in [-0.15, -0.1) is 0 Å². The van der Waals surface area contributed by atoms with Gasteiger partial charge in [0.25, 0.3) is 0 Å². The molecule has 6 heteroatoms. The van der Waals surface area contributed by atoms with Gasteiger partial charge in [-0.25, -0.2) is 4.98 Å². The minimum atomic E-state index is -0.606. The predicted molar refractivity (Wildman–Crippen MR) is 65.0 cm³/mol. The van der Waals surface area contributed by atoms with Gasteiger partial charge in [-0.1, -0.05) is 6.92 Å². The number of hydrogen-bond acceptors (Lipinski definition) is 5. The molecule has 0 aliphatic carbocycles. The Morgan fingerprint density at radius 3 is 2.76 bits per heavy atom. The summed E-state index contributed by atoms with van der Waals surface area (Å²) < 4.78 is 0. The first-order valence-corrected chi connectivity index (χ1v) is 5.42. The first-order chi connectivity index (χ1) is 7.93. The highest BCUT2D eigenvalue weighted by Gasteiger charge is 2.26.